The molecular formula is C9H9N5O2S. The molecule has 3 rings (SSSR count). The molecule has 88 valence electrons. The van der Waals surface area contributed by atoms with Crippen molar-refractivity contribution in [2.75, 3.05) is 11.4 Å². The van der Waals surface area contributed by atoms with E-state index >= 15 is 0 Å². The fourth-order valence-corrected chi connectivity index (χ4v) is 2.10. The topological polar surface area (TPSA) is 97.9 Å². The van der Waals surface area contributed by atoms with E-state index in [4.69, 9.17) is 12.2 Å². The minimum Gasteiger partial charge on any atom is -0.391 e. The molecule has 1 saturated heterocycles. The van der Waals surface area contributed by atoms with Crippen LogP contribution >= 0.6 is 12.2 Å². The lowest BCUT2D eigenvalue weighted by Gasteiger charge is -2.13. The number of H-pyrrole nitrogens is 2. The van der Waals surface area contributed by atoms with Gasteiger partial charge in [0.25, 0.3) is 0 Å². The summed E-state index contributed by atoms with van der Waals surface area (Å²) in [5, 5.41) is 9.42. The number of carbonyl (C=O) groups excluding carboxylic acids is 1. The molecule has 8 heteroatoms. The first-order valence-electron chi connectivity index (χ1n) is 5.07. The molecule has 7 nitrogen and oxygen atoms in total. The quantitative estimate of drug-likeness (QED) is 0.625. The number of imidazole rings is 1. The van der Waals surface area contributed by atoms with Gasteiger partial charge in [-0.05, 0) is 0 Å². The molecule has 1 fully saturated rings. The van der Waals surface area contributed by atoms with E-state index in [1.165, 1.54) is 11.2 Å². The van der Waals surface area contributed by atoms with E-state index in [0.29, 0.717) is 21.8 Å². The molecule has 0 radical (unpaired) electrons. The lowest BCUT2D eigenvalue weighted by molar-refractivity contribution is -0.117. The molecule has 3 heterocycles. The molecule has 0 aliphatic carbocycles. The Kier molecular flexibility index (Phi) is 2.20. The Bertz CT molecular complexity index is 648. The Balaban J connectivity index is 2.12. The number of aromatic nitrogens is 4. The molecule has 2 aromatic rings. The van der Waals surface area contributed by atoms with Crippen molar-refractivity contribution in [2.45, 2.75) is 12.5 Å². The highest BCUT2D eigenvalue weighted by Crippen LogP contribution is 2.19. The van der Waals surface area contributed by atoms with Gasteiger partial charge >= 0.3 is 0 Å². The summed E-state index contributed by atoms with van der Waals surface area (Å²) in [4.78, 5) is 26.9. The molecule has 1 unspecified atom stereocenters. The molecule has 0 saturated carbocycles. The van der Waals surface area contributed by atoms with Crippen LogP contribution in [0.4, 0.5) is 5.95 Å². The molecule has 1 aliphatic rings. The predicted octanol–water partition coefficient (Wildman–Crippen LogP) is 0.113. The summed E-state index contributed by atoms with van der Waals surface area (Å²) in [6.45, 7) is 0.229. The van der Waals surface area contributed by atoms with E-state index in [-0.39, 0.29) is 18.9 Å². The third-order valence-electron chi connectivity index (χ3n) is 2.65. The van der Waals surface area contributed by atoms with Gasteiger partial charge in [0.2, 0.25) is 11.9 Å². The minimum absolute atomic E-state index is 0.112. The molecule has 0 bridgehead atoms. The SMILES string of the molecule is O=C1CC(O)CN1c1nc(=S)c2[nH]cnc2[nH]1. The number of nitrogens with zero attached hydrogens (tertiary/aromatic N) is 3. The zero-order valence-electron chi connectivity index (χ0n) is 8.67. The lowest BCUT2D eigenvalue weighted by Crippen LogP contribution is -2.27. The first-order chi connectivity index (χ1) is 8.15. The summed E-state index contributed by atoms with van der Waals surface area (Å²) < 4.78 is 0.348. The van der Waals surface area contributed by atoms with Gasteiger partial charge in [-0.25, -0.2) is 9.97 Å². The van der Waals surface area contributed by atoms with E-state index in [1.54, 1.807) is 0 Å². The summed E-state index contributed by atoms with van der Waals surface area (Å²) in [5.74, 6) is 0.154. The number of nitrogens with one attached hydrogen (secondary N) is 2. The van der Waals surface area contributed by atoms with Crippen LogP contribution in [0.15, 0.2) is 6.33 Å². The zero-order chi connectivity index (χ0) is 12.0. The number of fused-ring (bicyclic) bond motifs is 1. The van der Waals surface area contributed by atoms with Gasteiger partial charge < -0.3 is 15.1 Å². The summed E-state index contributed by atoms with van der Waals surface area (Å²) in [6, 6.07) is 0. The Morgan fingerprint density at radius 2 is 2.41 bits per heavy atom. The van der Waals surface area contributed by atoms with Crippen molar-refractivity contribution in [3.05, 3.63) is 11.0 Å². The van der Waals surface area contributed by atoms with Gasteiger partial charge in [-0.1, -0.05) is 12.2 Å². The Morgan fingerprint density at radius 1 is 1.59 bits per heavy atom. The molecule has 1 atom stereocenters. The second-order valence-electron chi connectivity index (χ2n) is 3.85. The average Bonchev–Trinajstić information content (AvgIpc) is 2.84. The maximum absolute atomic E-state index is 11.6. The number of β-amino-alcohol motifs (C(OH)–C–C–N with tert-alkyl or cyclic N) is 1. The Hall–Kier alpha value is -1.80. The van der Waals surface area contributed by atoms with Crippen LogP contribution in [0.2, 0.25) is 0 Å². The highest BCUT2D eigenvalue weighted by atomic mass is 32.1. The minimum atomic E-state index is -0.652. The maximum atomic E-state index is 11.6. The number of aromatic amines is 2. The molecule has 0 aromatic carbocycles. The third kappa shape index (κ3) is 1.61. The van der Waals surface area contributed by atoms with Crippen molar-refractivity contribution >= 4 is 35.2 Å². The largest absolute Gasteiger partial charge is 0.391 e. The van der Waals surface area contributed by atoms with Crippen molar-refractivity contribution in [2.24, 2.45) is 0 Å². The van der Waals surface area contributed by atoms with Crippen LogP contribution in [0, 0.1) is 4.64 Å². The standard InChI is InChI=1S/C9H9N5O2S/c15-4-1-5(16)14(2-4)9-12-7-6(8(17)13-9)10-3-11-7/h3-4,15H,1-2H2,(H2,10,11,12,13,17). The second kappa shape index (κ2) is 3.60. The van der Waals surface area contributed by atoms with Crippen molar-refractivity contribution < 1.29 is 9.90 Å². The molecular weight excluding hydrogens is 242 g/mol. The zero-order valence-corrected chi connectivity index (χ0v) is 9.49. The number of aliphatic hydroxyl groups is 1. The number of rotatable bonds is 1. The first kappa shape index (κ1) is 10.4. The van der Waals surface area contributed by atoms with Gasteiger partial charge in [-0.3, -0.25) is 9.69 Å². The monoisotopic (exact) mass is 251 g/mol. The molecule has 1 amide bonds. The number of aliphatic hydroxyl groups excluding tert-OH is 1. The van der Waals surface area contributed by atoms with Crippen molar-refractivity contribution in [3.8, 4) is 0 Å². The van der Waals surface area contributed by atoms with Crippen LogP contribution in [0.3, 0.4) is 0 Å². The van der Waals surface area contributed by atoms with E-state index in [1.807, 2.05) is 0 Å². The van der Waals surface area contributed by atoms with Crippen LogP contribution in [0.1, 0.15) is 6.42 Å². The smallest absolute Gasteiger partial charge is 0.232 e. The number of amides is 1. The highest BCUT2D eigenvalue weighted by molar-refractivity contribution is 7.71. The van der Waals surface area contributed by atoms with Crippen LogP contribution in [-0.4, -0.2) is 43.6 Å². The summed E-state index contributed by atoms with van der Waals surface area (Å²) in [5.41, 5.74) is 1.19. The fourth-order valence-electron chi connectivity index (χ4n) is 1.86. The van der Waals surface area contributed by atoms with Crippen LogP contribution in [0.25, 0.3) is 11.2 Å². The molecule has 2 aromatic heterocycles. The maximum Gasteiger partial charge on any atom is 0.232 e. The molecule has 3 N–H and O–H groups in total. The summed E-state index contributed by atoms with van der Waals surface area (Å²) in [6.07, 6.45) is 0.963. The van der Waals surface area contributed by atoms with Crippen LogP contribution < -0.4 is 4.90 Å². The summed E-state index contributed by atoms with van der Waals surface area (Å²) >= 11 is 5.10. The van der Waals surface area contributed by atoms with Gasteiger partial charge in [0.1, 0.15) is 5.52 Å². The van der Waals surface area contributed by atoms with E-state index in [9.17, 15) is 9.90 Å². The lowest BCUT2D eigenvalue weighted by atomic mass is 10.3. The average molecular weight is 251 g/mol. The second-order valence-corrected chi connectivity index (χ2v) is 4.24. The normalized spacial score (nSPS) is 20.4. The van der Waals surface area contributed by atoms with Gasteiger partial charge in [0.05, 0.1) is 25.4 Å². The van der Waals surface area contributed by atoms with E-state index < -0.39 is 6.10 Å². The molecule has 0 spiro atoms. The number of hydrogen-bond acceptors (Lipinski definition) is 5. The van der Waals surface area contributed by atoms with E-state index in [0.717, 1.165) is 0 Å². The van der Waals surface area contributed by atoms with Gasteiger partial charge in [-0.15, -0.1) is 0 Å². The summed E-state index contributed by atoms with van der Waals surface area (Å²) in [7, 11) is 0. The first-order valence-corrected chi connectivity index (χ1v) is 5.48. The molecule has 1 aliphatic heterocycles. The van der Waals surface area contributed by atoms with Crippen molar-refractivity contribution in [1.82, 2.24) is 19.9 Å². The number of carbonyl (C=O) groups is 1. The Labute approximate surface area is 101 Å². The van der Waals surface area contributed by atoms with Gasteiger partial charge in [0, 0.05) is 0 Å². The van der Waals surface area contributed by atoms with E-state index in [2.05, 4.69) is 19.9 Å². The highest BCUT2D eigenvalue weighted by Gasteiger charge is 2.30. The predicted molar refractivity (Wildman–Crippen MR) is 62.1 cm³/mol. The van der Waals surface area contributed by atoms with Crippen molar-refractivity contribution in [3.63, 3.8) is 0 Å². The van der Waals surface area contributed by atoms with Crippen LogP contribution in [0.5, 0.6) is 0 Å². The van der Waals surface area contributed by atoms with Gasteiger partial charge in [0.15, 0.2) is 10.3 Å². The number of hydrogen-bond donors (Lipinski definition) is 3. The Morgan fingerprint density at radius 3 is 3.12 bits per heavy atom. The molecule has 17 heavy (non-hydrogen) atoms. The fraction of sp³-hybridized carbons (Fsp3) is 0.333. The third-order valence-corrected chi connectivity index (χ3v) is 2.95. The van der Waals surface area contributed by atoms with Gasteiger partial charge in [-0.2, -0.15) is 0 Å². The number of anilines is 1. The van der Waals surface area contributed by atoms with Crippen molar-refractivity contribution in [1.29, 1.82) is 0 Å². The van der Waals surface area contributed by atoms with Crippen LogP contribution in [-0.2, 0) is 4.79 Å².